The van der Waals surface area contributed by atoms with E-state index in [4.69, 9.17) is 9.84 Å². The van der Waals surface area contributed by atoms with Crippen molar-refractivity contribution in [2.75, 3.05) is 0 Å². The SMILES string of the molecule is CCCCC/C=C\C/C=C\C/C=C\C/C=C\CCCC(=O)OC(CCCCCCCCCC)CCCCCC(=O)O. The molecule has 1 atom stereocenters. The summed E-state index contributed by atoms with van der Waals surface area (Å²) >= 11 is 0. The van der Waals surface area contributed by atoms with E-state index in [-0.39, 0.29) is 18.5 Å². The second-order valence-electron chi connectivity index (χ2n) is 11.3. The molecule has 0 aliphatic carbocycles. The molecule has 0 aromatic rings. The number of carbonyl (C=O) groups excluding carboxylic acids is 1. The van der Waals surface area contributed by atoms with E-state index >= 15 is 0 Å². The van der Waals surface area contributed by atoms with Crippen LogP contribution in [0.25, 0.3) is 0 Å². The molecule has 1 N–H and O–H groups in total. The van der Waals surface area contributed by atoms with Gasteiger partial charge in [0.15, 0.2) is 0 Å². The zero-order chi connectivity index (χ0) is 30.1. The Balaban J connectivity index is 4.07. The summed E-state index contributed by atoms with van der Waals surface area (Å²) < 4.78 is 5.87. The van der Waals surface area contributed by atoms with Crippen LogP contribution < -0.4 is 0 Å². The van der Waals surface area contributed by atoms with Crippen molar-refractivity contribution in [3.63, 3.8) is 0 Å². The van der Waals surface area contributed by atoms with E-state index in [2.05, 4.69) is 62.5 Å². The summed E-state index contributed by atoms with van der Waals surface area (Å²) in [6.45, 7) is 4.48. The molecule has 0 aliphatic rings. The van der Waals surface area contributed by atoms with Gasteiger partial charge in [0, 0.05) is 12.8 Å². The van der Waals surface area contributed by atoms with Crippen molar-refractivity contribution in [2.45, 2.75) is 174 Å². The second-order valence-corrected chi connectivity index (χ2v) is 11.3. The number of ether oxygens (including phenoxy) is 1. The number of allylic oxidation sites excluding steroid dienone is 8. The van der Waals surface area contributed by atoms with Crippen LogP contribution in [0.4, 0.5) is 0 Å². The molecular formula is C37H64O4. The molecule has 4 heteroatoms. The van der Waals surface area contributed by atoms with Gasteiger partial charge in [-0.3, -0.25) is 9.59 Å². The summed E-state index contributed by atoms with van der Waals surface area (Å²) in [7, 11) is 0. The highest BCUT2D eigenvalue weighted by atomic mass is 16.5. The van der Waals surface area contributed by atoms with Crippen LogP contribution in [0, 0.1) is 0 Å². The van der Waals surface area contributed by atoms with E-state index in [1.165, 1.54) is 70.6 Å². The van der Waals surface area contributed by atoms with Gasteiger partial charge >= 0.3 is 11.9 Å². The van der Waals surface area contributed by atoms with E-state index in [1.54, 1.807) is 0 Å². The minimum absolute atomic E-state index is 0.0241. The Kier molecular flexibility index (Phi) is 30.8. The highest BCUT2D eigenvalue weighted by Gasteiger charge is 2.14. The highest BCUT2D eigenvalue weighted by Crippen LogP contribution is 2.18. The van der Waals surface area contributed by atoms with Gasteiger partial charge in [-0.15, -0.1) is 0 Å². The van der Waals surface area contributed by atoms with Crippen LogP contribution >= 0.6 is 0 Å². The maximum absolute atomic E-state index is 12.5. The number of aliphatic carboxylic acids is 1. The van der Waals surface area contributed by atoms with Crippen molar-refractivity contribution >= 4 is 11.9 Å². The number of carboxylic acids is 1. The van der Waals surface area contributed by atoms with Crippen molar-refractivity contribution in [3.8, 4) is 0 Å². The molecule has 0 heterocycles. The second kappa shape index (κ2) is 32.4. The van der Waals surface area contributed by atoms with E-state index in [9.17, 15) is 9.59 Å². The molecule has 4 nitrogen and oxygen atoms in total. The average Bonchev–Trinajstić information content (AvgIpc) is 2.95. The molecule has 0 saturated carbocycles. The Hall–Kier alpha value is -2.10. The third-order valence-electron chi connectivity index (χ3n) is 7.30. The summed E-state index contributed by atoms with van der Waals surface area (Å²) in [5.41, 5.74) is 0. The number of unbranched alkanes of at least 4 members (excludes halogenated alkanes) is 13. The lowest BCUT2D eigenvalue weighted by Gasteiger charge is -2.18. The summed E-state index contributed by atoms with van der Waals surface area (Å²) in [4.78, 5) is 23.2. The quantitative estimate of drug-likeness (QED) is 0.0528. The van der Waals surface area contributed by atoms with Gasteiger partial charge in [0.1, 0.15) is 6.10 Å². The molecular weight excluding hydrogens is 508 g/mol. The predicted molar refractivity (Wildman–Crippen MR) is 176 cm³/mol. The molecule has 0 fully saturated rings. The van der Waals surface area contributed by atoms with E-state index in [1.807, 2.05) is 0 Å². The molecule has 0 aliphatic heterocycles. The number of hydrogen-bond acceptors (Lipinski definition) is 3. The van der Waals surface area contributed by atoms with Gasteiger partial charge < -0.3 is 9.84 Å². The lowest BCUT2D eigenvalue weighted by molar-refractivity contribution is -0.150. The van der Waals surface area contributed by atoms with Crippen molar-refractivity contribution in [1.29, 1.82) is 0 Å². The van der Waals surface area contributed by atoms with Crippen molar-refractivity contribution < 1.29 is 19.4 Å². The Bertz CT molecular complexity index is 704. The molecule has 0 rings (SSSR count). The van der Waals surface area contributed by atoms with E-state index in [0.717, 1.165) is 64.2 Å². The molecule has 0 aromatic carbocycles. The van der Waals surface area contributed by atoms with Crippen LogP contribution in [0.2, 0.25) is 0 Å². The van der Waals surface area contributed by atoms with Crippen LogP contribution in [0.3, 0.4) is 0 Å². The van der Waals surface area contributed by atoms with Crippen LogP contribution in [0.1, 0.15) is 168 Å². The normalized spacial score (nSPS) is 12.8. The molecule has 0 bridgehead atoms. The van der Waals surface area contributed by atoms with Gasteiger partial charge in [0.25, 0.3) is 0 Å². The first-order chi connectivity index (χ1) is 20.1. The van der Waals surface area contributed by atoms with Crippen LogP contribution in [-0.2, 0) is 14.3 Å². The van der Waals surface area contributed by atoms with Gasteiger partial charge in [-0.1, -0.05) is 127 Å². The molecule has 41 heavy (non-hydrogen) atoms. The smallest absolute Gasteiger partial charge is 0.306 e. The fourth-order valence-electron chi connectivity index (χ4n) is 4.76. The topological polar surface area (TPSA) is 63.6 Å². The third-order valence-corrected chi connectivity index (χ3v) is 7.30. The first kappa shape index (κ1) is 38.9. The molecule has 236 valence electrons. The Morgan fingerprint density at radius 1 is 0.537 bits per heavy atom. The minimum Gasteiger partial charge on any atom is -0.481 e. The van der Waals surface area contributed by atoms with Gasteiger partial charge in [0.2, 0.25) is 0 Å². The van der Waals surface area contributed by atoms with Crippen molar-refractivity contribution in [2.24, 2.45) is 0 Å². The lowest BCUT2D eigenvalue weighted by Crippen LogP contribution is -2.18. The molecule has 0 amide bonds. The zero-order valence-electron chi connectivity index (χ0n) is 26.8. The summed E-state index contributed by atoms with van der Waals surface area (Å²) in [5, 5.41) is 8.84. The number of rotatable bonds is 30. The van der Waals surface area contributed by atoms with Crippen LogP contribution in [0.5, 0.6) is 0 Å². The number of hydrogen-bond donors (Lipinski definition) is 1. The fourth-order valence-corrected chi connectivity index (χ4v) is 4.76. The number of carbonyl (C=O) groups is 2. The zero-order valence-corrected chi connectivity index (χ0v) is 26.8. The van der Waals surface area contributed by atoms with Crippen molar-refractivity contribution in [3.05, 3.63) is 48.6 Å². The van der Waals surface area contributed by atoms with Crippen molar-refractivity contribution in [1.82, 2.24) is 0 Å². The van der Waals surface area contributed by atoms with E-state index < -0.39 is 5.97 Å². The Labute approximate surface area is 253 Å². The molecule has 0 spiro atoms. The molecule has 0 aromatic heterocycles. The van der Waals surface area contributed by atoms with Gasteiger partial charge in [0.05, 0.1) is 0 Å². The molecule has 0 radical (unpaired) electrons. The maximum Gasteiger partial charge on any atom is 0.306 e. The first-order valence-corrected chi connectivity index (χ1v) is 17.1. The Morgan fingerprint density at radius 3 is 1.51 bits per heavy atom. The lowest BCUT2D eigenvalue weighted by atomic mass is 10.0. The average molecular weight is 573 g/mol. The van der Waals surface area contributed by atoms with Crippen LogP contribution in [0.15, 0.2) is 48.6 Å². The maximum atomic E-state index is 12.5. The summed E-state index contributed by atoms with van der Waals surface area (Å²) in [6, 6.07) is 0. The van der Waals surface area contributed by atoms with Gasteiger partial charge in [-0.25, -0.2) is 0 Å². The number of esters is 1. The fraction of sp³-hybridized carbons (Fsp3) is 0.730. The monoisotopic (exact) mass is 572 g/mol. The number of carboxylic acid groups (broad SMARTS) is 1. The van der Waals surface area contributed by atoms with Crippen LogP contribution in [-0.4, -0.2) is 23.1 Å². The predicted octanol–water partition coefficient (Wildman–Crippen LogP) is 11.6. The van der Waals surface area contributed by atoms with Gasteiger partial charge in [-0.05, 0) is 77.0 Å². The van der Waals surface area contributed by atoms with E-state index in [0.29, 0.717) is 12.8 Å². The summed E-state index contributed by atoms with van der Waals surface area (Å²) in [6.07, 6.45) is 42.6. The molecule has 0 saturated heterocycles. The standard InChI is InChI=1S/C37H64O4/c1-3-5-7-9-11-13-14-15-16-17-18-19-20-21-23-25-30-34-37(40)41-35(32-28-26-29-33-36(38)39)31-27-24-22-12-10-8-6-4-2/h11,13,15-16,18-19,21,23,35H,3-10,12,14,17,20,22,24-34H2,1-2H3,(H,38,39)/b13-11-,16-15-,19-18-,23-21-. The minimum atomic E-state index is -0.735. The molecule has 1 unspecified atom stereocenters. The largest absolute Gasteiger partial charge is 0.481 e. The Morgan fingerprint density at radius 2 is 0.976 bits per heavy atom. The van der Waals surface area contributed by atoms with Gasteiger partial charge in [-0.2, -0.15) is 0 Å². The summed E-state index contributed by atoms with van der Waals surface area (Å²) in [5.74, 6) is -0.822. The third kappa shape index (κ3) is 32.3. The first-order valence-electron chi connectivity index (χ1n) is 17.1. The highest BCUT2D eigenvalue weighted by molar-refractivity contribution is 5.69.